The van der Waals surface area contributed by atoms with Gasteiger partial charge in [-0.05, 0) is 37.1 Å². The van der Waals surface area contributed by atoms with Crippen molar-refractivity contribution in [1.29, 1.82) is 0 Å². The van der Waals surface area contributed by atoms with E-state index < -0.39 is 0 Å². The highest BCUT2D eigenvalue weighted by molar-refractivity contribution is 6.00. The summed E-state index contributed by atoms with van der Waals surface area (Å²) in [6.07, 6.45) is 5.15. The summed E-state index contributed by atoms with van der Waals surface area (Å²) in [7, 11) is 0. The minimum absolute atomic E-state index is 0.0240. The van der Waals surface area contributed by atoms with E-state index in [2.05, 4.69) is 23.9 Å². The number of carbonyl (C=O) groups excluding carboxylic acids is 1. The lowest BCUT2D eigenvalue weighted by Crippen LogP contribution is -2.32. The van der Waals surface area contributed by atoms with Crippen molar-refractivity contribution < 1.29 is 14.3 Å². The van der Waals surface area contributed by atoms with Crippen molar-refractivity contribution in [1.82, 2.24) is 19.5 Å². The molecule has 0 fully saturated rings. The van der Waals surface area contributed by atoms with Crippen LogP contribution in [0.1, 0.15) is 37.0 Å². The third kappa shape index (κ3) is 3.09. The molecular formula is C20H22N4O3. The lowest BCUT2D eigenvalue weighted by atomic mass is 10.1. The molecule has 1 aromatic carbocycles. The maximum absolute atomic E-state index is 13.0. The monoisotopic (exact) mass is 366 g/mol. The van der Waals surface area contributed by atoms with Gasteiger partial charge in [-0.1, -0.05) is 13.8 Å². The zero-order valence-corrected chi connectivity index (χ0v) is 15.5. The van der Waals surface area contributed by atoms with Gasteiger partial charge in [0.25, 0.3) is 5.91 Å². The molecule has 1 amide bonds. The van der Waals surface area contributed by atoms with Gasteiger partial charge in [0.15, 0.2) is 17.1 Å². The van der Waals surface area contributed by atoms with Gasteiger partial charge in [0.1, 0.15) is 5.56 Å². The molecule has 0 spiro atoms. The zero-order valence-electron chi connectivity index (χ0n) is 15.5. The molecule has 0 bridgehead atoms. The first-order valence-electron chi connectivity index (χ1n) is 9.25. The van der Waals surface area contributed by atoms with Crippen LogP contribution in [-0.4, -0.2) is 45.3 Å². The molecule has 3 heterocycles. The van der Waals surface area contributed by atoms with Crippen molar-refractivity contribution in [2.75, 3.05) is 19.9 Å². The third-order valence-corrected chi connectivity index (χ3v) is 4.57. The van der Waals surface area contributed by atoms with Crippen molar-refractivity contribution in [3.63, 3.8) is 0 Å². The Bertz CT molecular complexity index is 977. The van der Waals surface area contributed by atoms with E-state index in [-0.39, 0.29) is 12.7 Å². The molecule has 7 heteroatoms. The summed E-state index contributed by atoms with van der Waals surface area (Å²) in [5, 5.41) is 4.45. The predicted molar refractivity (Wildman–Crippen MR) is 101 cm³/mol. The summed E-state index contributed by atoms with van der Waals surface area (Å²) in [5.41, 5.74) is 2.86. The number of carbonyl (C=O) groups is 1. The van der Waals surface area contributed by atoms with E-state index in [1.54, 1.807) is 16.9 Å². The molecule has 27 heavy (non-hydrogen) atoms. The molecule has 1 aliphatic rings. The molecule has 7 nitrogen and oxygen atoms in total. The molecule has 0 atom stereocenters. The van der Waals surface area contributed by atoms with Crippen LogP contribution in [-0.2, 0) is 0 Å². The van der Waals surface area contributed by atoms with Gasteiger partial charge in [0, 0.05) is 24.8 Å². The van der Waals surface area contributed by atoms with Crippen LogP contribution < -0.4 is 9.47 Å². The van der Waals surface area contributed by atoms with Crippen LogP contribution in [0.4, 0.5) is 0 Å². The Hall–Kier alpha value is -3.09. The second kappa shape index (κ2) is 7.26. The fourth-order valence-corrected chi connectivity index (χ4v) is 3.34. The molecule has 4 rings (SSSR count). The van der Waals surface area contributed by atoms with Crippen LogP contribution in [0.25, 0.3) is 16.9 Å². The molecule has 140 valence electrons. The average Bonchev–Trinajstić information content (AvgIpc) is 3.33. The van der Waals surface area contributed by atoms with Crippen molar-refractivity contribution in [2.45, 2.75) is 26.7 Å². The van der Waals surface area contributed by atoms with E-state index in [1.807, 2.05) is 29.2 Å². The Morgan fingerprint density at radius 3 is 2.70 bits per heavy atom. The van der Waals surface area contributed by atoms with Crippen molar-refractivity contribution in [3.8, 4) is 22.8 Å². The topological polar surface area (TPSA) is 69.0 Å². The SMILES string of the molecule is CCCN(CCC)C(=O)c1cnn2c(-c3ccc4c(c3)OCO4)ccnc12. The van der Waals surface area contributed by atoms with Gasteiger partial charge >= 0.3 is 0 Å². The van der Waals surface area contributed by atoms with Gasteiger partial charge < -0.3 is 14.4 Å². The highest BCUT2D eigenvalue weighted by Crippen LogP contribution is 2.35. The number of hydrogen-bond acceptors (Lipinski definition) is 5. The molecule has 0 saturated heterocycles. The summed E-state index contributed by atoms with van der Waals surface area (Å²) in [6, 6.07) is 7.62. The number of hydrogen-bond donors (Lipinski definition) is 0. The Morgan fingerprint density at radius 1 is 1.15 bits per heavy atom. The van der Waals surface area contributed by atoms with Crippen molar-refractivity contribution in [2.24, 2.45) is 0 Å². The van der Waals surface area contributed by atoms with E-state index in [0.717, 1.165) is 42.9 Å². The molecule has 0 aliphatic carbocycles. The Morgan fingerprint density at radius 2 is 1.93 bits per heavy atom. The first-order chi connectivity index (χ1) is 13.2. The summed E-state index contributed by atoms with van der Waals surface area (Å²) < 4.78 is 12.6. The lowest BCUT2D eigenvalue weighted by molar-refractivity contribution is 0.0757. The summed E-state index contributed by atoms with van der Waals surface area (Å²) in [4.78, 5) is 19.3. The quantitative estimate of drug-likeness (QED) is 0.669. The molecule has 0 saturated carbocycles. The number of nitrogens with zero attached hydrogens (tertiary/aromatic N) is 4. The number of aromatic nitrogens is 3. The minimum Gasteiger partial charge on any atom is -0.454 e. The van der Waals surface area contributed by atoms with Gasteiger partial charge in [0.05, 0.1) is 11.9 Å². The zero-order chi connectivity index (χ0) is 18.8. The maximum Gasteiger partial charge on any atom is 0.259 e. The molecular weight excluding hydrogens is 344 g/mol. The number of rotatable bonds is 6. The van der Waals surface area contributed by atoms with Crippen LogP contribution in [0.15, 0.2) is 36.7 Å². The molecule has 0 radical (unpaired) electrons. The normalized spacial score (nSPS) is 12.5. The Balaban J connectivity index is 1.75. The third-order valence-electron chi connectivity index (χ3n) is 4.57. The van der Waals surface area contributed by atoms with E-state index >= 15 is 0 Å². The molecule has 1 aliphatic heterocycles. The number of fused-ring (bicyclic) bond motifs is 2. The Labute approximate surface area is 157 Å². The van der Waals surface area contributed by atoms with Gasteiger partial charge in [0.2, 0.25) is 6.79 Å². The summed E-state index contributed by atoms with van der Waals surface area (Å²) >= 11 is 0. The predicted octanol–water partition coefficient (Wildman–Crippen LogP) is 3.39. The standard InChI is InChI=1S/C20H22N4O3/c1-3-9-23(10-4-2)20(25)15-12-22-24-16(7-8-21-19(15)24)14-5-6-17-18(11-14)27-13-26-17/h5-8,11-12H,3-4,9-10,13H2,1-2H3. The first kappa shape index (κ1) is 17.3. The number of benzene rings is 1. The second-order valence-electron chi connectivity index (χ2n) is 6.48. The van der Waals surface area contributed by atoms with Crippen LogP contribution >= 0.6 is 0 Å². The maximum atomic E-state index is 13.0. The van der Waals surface area contributed by atoms with Gasteiger partial charge in [-0.25, -0.2) is 9.50 Å². The van der Waals surface area contributed by atoms with Crippen molar-refractivity contribution in [3.05, 3.63) is 42.2 Å². The van der Waals surface area contributed by atoms with E-state index in [1.165, 1.54) is 0 Å². The molecule has 3 aromatic rings. The summed E-state index contributed by atoms with van der Waals surface area (Å²) in [6.45, 7) is 5.83. The van der Waals surface area contributed by atoms with E-state index in [4.69, 9.17) is 9.47 Å². The average molecular weight is 366 g/mol. The van der Waals surface area contributed by atoms with Crippen LogP contribution in [0.2, 0.25) is 0 Å². The van der Waals surface area contributed by atoms with Crippen LogP contribution in [0.3, 0.4) is 0 Å². The largest absolute Gasteiger partial charge is 0.454 e. The smallest absolute Gasteiger partial charge is 0.259 e. The van der Waals surface area contributed by atoms with Crippen LogP contribution in [0.5, 0.6) is 11.5 Å². The fourth-order valence-electron chi connectivity index (χ4n) is 3.34. The molecule has 2 aromatic heterocycles. The first-order valence-corrected chi connectivity index (χ1v) is 9.25. The fraction of sp³-hybridized carbons (Fsp3) is 0.350. The second-order valence-corrected chi connectivity index (χ2v) is 6.48. The lowest BCUT2D eigenvalue weighted by Gasteiger charge is -2.20. The van der Waals surface area contributed by atoms with E-state index in [0.29, 0.717) is 17.0 Å². The van der Waals surface area contributed by atoms with Crippen molar-refractivity contribution >= 4 is 11.6 Å². The van der Waals surface area contributed by atoms with E-state index in [9.17, 15) is 4.79 Å². The van der Waals surface area contributed by atoms with Gasteiger partial charge in [-0.2, -0.15) is 5.10 Å². The van der Waals surface area contributed by atoms with Gasteiger partial charge in [-0.3, -0.25) is 4.79 Å². The number of ether oxygens (including phenoxy) is 2. The summed E-state index contributed by atoms with van der Waals surface area (Å²) in [5.74, 6) is 1.41. The highest BCUT2D eigenvalue weighted by Gasteiger charge is 2.21. The van der Waals surface area contributed by atoms with Gasteiger partial charge in [-0.15, -0.1) is 0 Å². The molecule has 0 N–H and O–H groups in total. The van der Waals surface area contributed by atoms with Crippen LogP contribution in [0, 0.1) is 0 Å². The Kier molecular flexibility index (Phi) is 4.66. The highest BCUT2D eigenvalue weighted by atomic mass is 16.7. The number of amides is 1. The molecule has 0 unspecified atom stereocenters. The minimum atomic E-state index is -0.0240.